The standard InChI is InChI=1S/C21H19FN2O2/c22-18-8-4-7-17(13-18)20(25)14-23-21(26)24-19-11-9-16(10-12-19)15-5-2-1-3-6-15/h1-13,20,25H,14H2,(H2,23,24,26). The first kappa shape index (κ1) is 17.6. The van der Waals surface area contributed by atoms with Crippen molar-refractivity contribution < 1.29 is 14.3 Å². The Hall–Kier alpha value is -3.18. The smallest absolute Gasteiger partial charge is 0.319 e. The lowest BCUT2D eigenvalue weighted by Gasteiger charge is -2.13. The molecule has 3 aromatic rings. The quantitative estimate of drug-likeness (QED) is 0.641. The maximum atomic E-state index is 13.2. The number of anilines is 1. The molecular formula is C21H19FN2O2. The maximum Gasteiger partial charge on any atom is 0.319 e. The molecular weight excluding hydrogens is 331 g/mol. The van der Waals surface area contributed by atoms with E-state index in [1.807, 2.05) is 54.6 Å². The number of carbonyl (C=O) groups is 1. The second kappa shape index (κ2) is 8.27. The van der Waals surface area contributed by atoms with E-state index < -0.39 is 18.0 Å². The van der Waals surface area contributed by atoms with Crippen molar-refractivity contribution in [2.45, 2.75) is 6.10 Å². The maximum absolute atomic E-state index is 13.2. The molecule has 0 saturated heterocycles. The highest BCUT2D eigenvalue weighted by molar-refractivity contribution is 5.89. The van der Waals surface area contributed by atoms with Crippen LogP contribution in [0.5, 0.6) is 0 Å². The van der Waals surface area contributed by atoms with Gasteiger partial charge in [0.15, 0.2) is 0 Å². The summed E-state index contributed by atoms with van der Waals surface area (Å²) in [6.45, 7) is -0.0165. The molecule has 26 heavy (non-hydrogen) atoms. The Morgan fingerprint density at radius 2 is 1.62 bits per heavy atom. The van der Waals surface area contributed by atoms with E-state index >= 15 is 0 Å². The van der Waals surface area contributed by atoms with Gasteiger partial charge in [-0.3, -0.25) is 0 Å². The number of nitrogens with one attached hydrogen (secondary N) is 2. The van der Waals surface area contributed by atoms with E-state index in [0.717, 1.165) is 11.1 Å². The summed E-state index contributed by atoms with van der Waals surface area (Å²) in [7, 11) is 0. The molecule has 0 aliphatic carbocycles. The molecule has 0 heterocycles. The number of carbonyl (C=O) groups excluding carboxylic acids is 1. The minimum atomic E-state index is -0.975. The first-order valence-electron chi connectivity index (χ1n) is 8.26. The molecule has 0 fully saturated rings. The highest BCUT2D eigenvalue weighted by Gasteiger charge is 2.10. The van der Waals surface area contributed by atoms with Crippen molar-refractivity contribution in [3.05, 3.63) is 90.2 Å². The highest BCUT2D eigenvalue weighted by Crippen LogP contribution is 2.21. The van der Waals surface area contributed by atoms with Crippen molar-refractivity contribution in [2.24, 2.45) is 0 Å². The van der Waals surface area contributed by atoms with Crippen molar-refractivity contribution in [3.63, 3.8) is 0 Å². The lowest BCUT2D eigenvalue weighted by Crippen LogP contribution is -2.32. The number of hydrogen-bond donors (Lipinski definition) is 3. The van der Waals surface area contributed by atoms with Crippen molar-refractivity contribution in [2.75, 3.05) is 11.9 Å². The third kappa shape index (κ3) is 4.68. The fourth-order valence-corrected chi connectivity index (χ4v) is 2.57. The van der Waals surface area contributed by atoms with Crippen LogP contribution in [0.3, 0.4) is 0 Å². The molecule has 2 amide bonds. The molecule has 0 bridgehead atoms. The zero-order valence-corrected chi connectivity index (χ0v) is 14.0. The van der Waals surface area contributed by atoms with Gasteiger partial charge < -0.3 is 15.7 Å². The fraction of sp³-hybridized carbons (Fsp3) is 0.0952. The van der Waals surface area contributed by atoms with Crippen LogP contribution in [-0.2, 0) is 0 Å². The van der Waals surface area contributed by atoms with Crippen LogP contribution in [0.15, 0.2) is 78.9 Å². The molecule has 0 spiro atoms. The Morgan fingerprint density at radius 3 is 2.31 bits per heavy atom. The van der Waals surface area contributed by atoms with Crippen LogP contribution in [-0.4, -0.2) is 17.7 Å². The number of halogens is 1. The number of urea groups is 1. The zero-order valence-electron chi connectivity index (χ0n) is 14.0. The van der Waals surface area contributed by atoms with E-state index in [1.54, 1.807) is 6.07 Å². The van der Waals surface area contributed by atoms with Gasteiger partial charge in [-0.15, -0.1) is 0 Å². The van der Waals surface area contributed by atoms with Crippen molar-refractivity contribution in [1.82, 2.24) is 5.32 Å². The van der Waals surface area contributed by atoms with Gasteiger partial charge in [-0.1, -0.05) is 54.6 Å². The Kier molecular flexibility index (Phi) is 5.61. The summed E-state index contributed by atoms with van der Waals surface area (Å²) >= 11 is 0. The first-order chi connectivity index (χ1) is 12.6. The first-order valence-corrected chi connectivity index (χ1v) is 8.26. The van der Waals surface area contributed by atoms with Crippen LogP contribution in [0.4, 0.5) is 14.9 Å². The summed E-state index contributed by atoms with van der Waals surface area (Å²) in [5, 5.41) is 15.3. The predicted molar refractivity (Wildman–Crippen MR) is 100 cm³/mol. The second-order valence-electron chi connectivity index (χ2n) is 5.85. The average Bonchev–Trinajstić information content (AvgIpc) is 2.67. The van der Waals surface area contributed by atoms with E-state index in [4.69, 9.17) is 0 Å². The number of aliphatic hydroxyl groups is 1. The molecule has 5 heteroatoms. The lowest BCUT2D eigenvalue weighted by molar-refractivity contribution is 0.174. The summed E-state index contributed by atoms with van der Waals surface area (Å²) in [5.74, 6) is -0.426. The Bertz CT molecular complexity index is 867. The lowest BCUT2D eigenvalue weighted by atomic mass is 10.1. The normalized spacial score (nSPS) is 11.6. The summed E-state index contributed by atoms with van der Waals surface area (Å²) in [5.41, 5.74) is 3.21. The Labute approximate surface area is 151 Å². The largest absolute Gasteiger partial charge is 0.387 e. The molecule has 132 valence electrons. The molecule has 0 saturated carbocycles. The molecule has 1 unspecified atom stereocenters. The summed E-state index contributed by atoms with van der Waals surface area (Å²) < 4.78 is 13.2. The topological polar surface area (TPSA) is 61.4 Å². The van der Waals surface area contributed by atoms with Crippen molar-refractivity contribution in [3.8, 4) is 11.1 Å². The molecule has 0 aliphatic rings. The number of aliphatic hydroxyl groups excluding tert-OH is 1. The Morgan fingerprint density at radius 1 is 0.923 bits per heavy atom. The van der Waals surface area contributed by atoms with Gasteiger partial charge in [-0.25, -0.2) is 9.18 Å². The van der Waals surface area contributed by atoms with Crippen LogP contribution in [0.2, 0.25) is 0 Å². The second-order valence-corrected chi connectivity index (χ2v) is 5.85. The van der Waals surface area contributed by atoms with Crippen LogP contribution >= 0.6 is 0 Å². The predicted octanol–water partition coefficient (Wildman–Crippen LogP) is 4.35. The fourth-order valence-electron chi connectivity index (χ4n) is 2.57. The minimum Gasteiger partial charge on any atom is -0.387 e. The van der Waals surface area contributed by atoms with Gasteiger partial charge in [0.1, 0.15) is 5.82 Å². The van der Waals surface area contributed by atoms with E-state index in [2.05, 4.69) is 10.6 Å². The summed E-state index contributed by atoms with van der Waals surface area (Å²) in [6, 6.07) is 22.6. The molecule has 3 rings (SSSR count). The van der Waals surface area contributed by atoms with Crippen LogP contribution in [0, 0.1) is 5.82 Å². The molecule has 4 nitrogen and oxygen atoms in total. The van der Waals surface area contributed by atoms with E-state index in [-0.39, 0.29) is 6.54 Å². The number of benzene rings is 3. The van der Waals surface area contributed by atoms with Crippen LogP contribution in [0.25, 0.3) is 11.1 Å². The average molecular weight is 350 g/mol. The molecule has 0 aromatic heterocycles. The van der Waals surface area contributed by atoms with Crippen molar-refractivity contribution in [1.29, 1.82) is 0 Å². The van der Waals surface area contributed by atoms with Crippen LogP contribution < -0.4 is 10.6 Å². The van der Waals surface area contributed by atoms with Gasteiger partial charge >= 0.3 is 6.03 Å². The van der Waals surface area contributed by atoms with Crippen molar-refractivity contribution >= 4 is 11.7 Å². The molecule has 0 aliphatic heterocycles. The Balaban J connectivity index is 1.53. The third-order valence-corrected chi connectivity index (χ3v) is 3.94. The SMILES string of the molecule is O=C(NCC(O)c1cccc(F)c1)Nc1ccc(-c2ccccc2)cc1. The zero-order chi connectivity index (χ0) is 18.4. The third-order valence-electron chi connectivity index (χ3n) is 3.94. The molecule has 3 aromatic carbocycles. The molecule has 0 radical (unpaired) electrons. The summed E-state index contributed by atoms with van der Waals surface area (Å²) in [4.78, 5) is 12.0. The van der Waals surface area contributed by atoms with Gasteiger partial charge in [-0.2, -0.15) is 0 Å². The van der Waals surface area contributed by atoms with Crippen LogP contribution in [0.1, 0.15) is 11.7 Å². The van der Waals surface area contributed by atoms with E-state index in [9.17, 15) is 14.3 Å². The highest BCUT2D eigenvalue weighted by atomic mass is 19.1. The minimum absolute atomic E-state index is 0.0165. The molecule has 1 atom stereocenters. The number of hydrogen-bond acceptors (Lipinski definition) is 2. The van der Waals surface area contributed by atoms with E-state index in [1.165, 1.54) is 18.2 Å². The summed E-state index contributed by atoms with van der Waals surface area (Å²) in [6.07, 6.45) is -0.975. The van der Waals surface area contributed by atoms with Gasteiger partial charge in [0, 0.05) is 12.2 Å². The van der Waals surface area contributed by atoms with E-state index in [0.29, 0.717) is 11.3 Å². The van der Waals surface area contributed by atoms with Gasteiger partial charge in [-0.05, 0) is 41.0 Å². The number of amides is 2. The monoisotopic (exact) mass is 350 g/mol. The van der Waals surface area contributed by atoms with Gasteiger partial charge in [0.2, 0.25) is 0 Å². The number of rotatable bonds is 5. The molecule has 3 N–H and O–H groups in total. The van der Waals surface area contributed by atoms with Gasteiger partial charge in [0.25, 0.3) is 0 Å². The van der Waals surface area contributed by atoms with Gasteiger partial charge in [0.05, 0.1) is 6.10 Å².